The molecule has 2 aromatic heterocycles. The standard InChI is InChI=1S/C10H12N2OS/c1-7-5-14-6-8(7)9-3-12-10(13-9)4-11-2/h3,5-6,11H,4H2,1-2H3. The van der Waals surface area contributed by atoms with Gasteiger partial charge in [0.25, 0.3) is 0 Å². The predicted molar refractivity (Wildman–Crippen MR) is 57.3 cm³/mol. The molecule has 2 heterocycles. The van der Waals surface area contributed by atoms with Crippen molar-refractivity contribution in [1.29, 1.82) is 0 Å². The molecule has 0 atom stereocenters. The van der Waals surface area contributed by atoms with Crippen LogP contribution in [0.5, 0.6) is 0 Å². The monoisotopic (exact) mass is 208 g/mol. The van der Waals surface area contributed by atoms with Crippen LogP contribution in [0.1, 0.15) is 11.5 Å². The van der Waals surface area contributed by atoms with E-state index in [1.54, 1.807) is 17.5 Å². The van der Waals surface area contributed by atoms with Crippen LogP contribution >= 0.6 is 11.3 Å². The van der Waals surface area contributed by atoms with Gasteiger partial charge in [0.15, 0.2) is 5.76 Å². The second kappa shape index (κ2) is 3.94. The predicted octanol–water partition coefficient (Wildman–Crippen LogP) is 2.43. The Morgan fingerprint density at radius 2 is 2.36 bits per heavy atom. The number of oxazole rings is 1. The Morgan fingerprint density at radius 1 is 1.50 bits per heavy atom. The van der Waals surface area contributed by atoms with Crippen molar-refractivity contribution in [3.63, 3.8) is 0 Å². The van der Waals surface area contributed by atoms with Crippen molar-refractivity contribution in [3.05, 3.63) is 28.4 Å². The van der Waals surface area contributed by atoms with Gasteiger partial charge < -0.3 is 9.73 Å². The van der Waals surface area contributed by atoms with Crippen LogP contribution in [-0.2, 0) is 6.54 Å². The maximum absolute atomic E-state index is 5.58. The van der Waals surface area contributed by atoms with Crippen LogP contribution in [-0.4, -0.2) is 12.0 Å². The van der Waals surface area contributed by atoms with Crippen molar-refractivity contribution < 1.29 is 4.42 Å². The summed E-state index contributed by atoms with van der Waals surface area (Å²) >= 11 is 1.68. The molecule has 4 heteroatoms. The summed E-state index contributed by atoms with van der Waals surface area (Å²) in [5, 5.41) is 7.19. The van der Waals surface area contributed by atoms with E-state index in [-0.39, 0.29) is 0 Å². The van der Waals surface area contributed by atoms with E-state index in [0.29, 0.717) is 6.54 Å². The van der Waals surface area contributed by atoms with E-state index in [9.17, 15) is 0 Å². The van der Waals surface area contributed by atoms with Gasteiger partial charge in [-0.3, -0.25) is 0 Å². The average Bonchev–Trinajstić information content (AvgIpc) is 2.74. The number of thiophene rings is 1. The highest BCUT2D eigenvalue weighted by atomic mass is 32.1. The molecule has 0 amide bonds. The van der Waals surface area contributed by atoms with Crippen molar-refractivity contribution in [2.75, 3.05) is 7.05 Å². The molecule has 2 rings (SSSR count). The Labute approximate surface area is 86.8 Å². The van der Waals surface area contributed by atoms with Gasteiger partial charge in [-0.05, 0) is 24.9 Å². The van der Waals surface area contributed by atoms with E-state index in [4.69, 9.17) is 4.42 Å². The lowest BCUT2D eigenvalue weighted by molar-refractivity contribution is 0.491. The third kappa shape index (κ3) is 1.71. The SMILES string of the molecule is CNCc1ncc(-c2cscc2C)o1. The lowest BCUT2D eigenvalue weighted by Crippen LogP contribution is -2.04. The van der Waals surface area contributed by atoms with Gasteiger partial charge in [-0.25, -0.2) is 4.98 Å². The molecule has 0 bridgehead atoms. The first-order chi connectivity index (χ1) is 6.81. The minimum absolute atomic E-state index is 0.670. The van der Waals surface area contributed by atoms with Crippen LogP contribution in [0, 0.1) is 6.92 Å². The normalized spacial score (nSPS) is 10.7. The summed E-state index contributed by atoms with van der Waals surface area (Å²) in [4.78, 5) is 4.18. The number of aromatic nitrogens is 1. The van der Waals surface area contributed by atoms with Crippen molar-refractivity contribution in [3.8, 4) is 11.3 Å². The summed E-state index contributed by atoms with van der Waals surface area (Å²) in [7, 11) is 1.87. The van der Waals surface area contributed by atoms with E-state index in [0.717, 1.165) is 17.2 Å². The first-order valence-corrected chi connectivity index (χ1v) is 5.38. The zero-order valence-electron chi connectivity index (χ0n) is 8.20. The first-order valence-electron chi connectivity index (χ1n) is 4.43. The maximum Gasteiger partial charge on any atom is 0.208 e. The molecular weight excluding hydrogens is 196 g/mol. The van der Waals surface area contributed by atoms with Crippen LogP contribution in [0.3, 0.4) is 0 Å². The fourth-order valence-electron chi connectivity index (χ4n) is 1.28. The minimum atomic E-state index is 0.670. The van der Waals surface area contributed by atoms with E-state index in [1.165, 1.54) is 5.56 Å². The molecule has 0 unspecified atom stereocenters. The fourth-order valence-corrected chi connectivity index (χ4v) is 2.12. The third-order valence-electron chi connectivity index (χ3n) is 2.00. The third-order valence-corrected chi connectivity index (χ3v) is 2.86. The molecule has 1 N–H and O–H groups in total. The second-order valence-corrected chi connectivity index (χ2v) is 3.86. The largest absolute Gasteiger partial charge is 0.439 e. The smallest absolute Gasteiger partial charge is 0.208 e. The molecule has 0 aromatic carbocycles. The Balaban J connectivity index is 2.29. The Kier molecular flexibility index (Phi) is 2.65. The topological polar surface area (TPSA) is 38.1 Å². The Bertz CT molecular complexity index is 419. The summed E-state index contributed by atoms with van der Waals surface area (Å²) in [6.45, 7) is 2.75. The van der Waals surface area contributed by atoms with Gasteiger partial charge in [-0.2, -0.15) is 11.3 Å². The molecule has 0 saturated carbocycles. The Hall–Kier alpha value is -1.13. The molecule has 0 aliphatic carbocycles. The van der Waals surface area contributed by atoms with Gasteiger partial charge in [0.05, 0.1) is 12.7 Å². The van der Waals surface area contributed by atoms with Gasteiger partial charge in [-0.1, -0.05) is 0 Å². The van der Waals surface area contributed by atoms with E-state index < -0.39 is 0 Å². The summed E-state index contributed by atoms with van der Waals surface area (Å²) in [6, 6.07) is 0. The highest BCUT2D eigenvalue weighted by Crippen LogP contribution is 2.27. The zero-order valence-corrected chi connectivity index (χ0v) is 9.02. The van der Waals surface area contributed by atoms with E-state index in [1.807, 2.05) is 7.05 Å². The lowest BCUT2D eigenvalue weighted by atomic mass is 10.2. The van der Waals surface area contributed by atoms with Crippen molar-refractivity contribution in [2.24, 2.45) is 0 Å². The summed E-state index contributed by atoms with van der Waals surface area (Å²) in [6.07, 6.45) is 1.78. The molecular formula is C10H12N2OS. The second-order valence-electron chi connectivity index (χ2n) is 3.12. The molecule has 14 heavy (non-hydrogen) atoms. The molecule has 3 nitrogen and oxygen atoms in total. The summed E-state index contributed by atoms with van der Waals surface area (Å²) in [5.41, 5.74) is 2.38. The van der Waals surface area contributed by atoms with Gasteiger partial charge >= 0.3 is 0 Å². The first kappa shape index (κ1) is 9.43. The van der Waals surface area contributed by atoms with Crippen molar-refractivity contribution in [1.82, 2.24) is 10.3 Å². The van der Waals surface area contributed by atoms with Crippen molar-refractivity contribution in [2.45, 2.75) is 13.5 Å². The molecule has 0 saturated heterocycles. The maximum atomic E-state index is 5.58. The van der Waals surface area contributed by atoms with Gasteiger partial charge in [0.2, 0.25) is 5.89 Å². The highest BCUT2D eigenvalue weighted by molar-refractivity contribution is 7.08. The minimum Gasteiger partial charge on any atom is -0.439 e. The van der Waals surface area contributed by atoms with Crippen LogP contribution in [0.2, 0.25) is 0 Å². The fraction of sp³-hybridized carbons (Fsp3) is 0.300. The molecule has 0 fully saturated rings. The number of hydrogen-bond donors (Lipinski definition) is 1. The van der Waals surface area contributed by atoms with E-state index >= 15 is 0 Å². The number of aryl methyl sites for hydroxylation is 1. The van der Waals surface area contributed by atoms with Crippen LogP contribution in [0.4, 0.5) is 0 Å². The van der Waals surface area contributed by atoms with Gasteiger partial charge in [-0.15, -0.1) is 0 Å². The summed E-state index contributed by atoms with van der Waals surface area (Å²) < 4.78 is 5.58. The lowest BCUT2D eigenvalue weighted by Gasteiger charge is -1.93. The van der Waals surface area contributed by atoms with Gasteiger partial charge in [0, 0.05) is 10.9 Å². The van der Waals surface area contributed by atoms with Crippen LogP contribution in [0.15, 0.2) is 21.4 Å². The highest BCUT2D eigenvalue weighted by Gasteiger charge is 2.08. The van der Waals surface area contributed by atoms with Crippen LogP contribution in [0.25, 0.3) is 11.3 Å². The number of hydrogen-bond acceptors (Lipinski definition) is 4. The Morgan fingerprint density at radius 3 is 3.00 bits per heavy atom. The molecule has 0 aliphatic heterocycles. The number of nitrogens with one attached hydrogen (secondary N) is 1. The molecule has 0 aliphatic rings. The van der Waals surface area contributed by atoms with Crippen molar-refractivity contribution >= 4 is 11.3 Å². The van der Waals surface area contributed by atoms with E-state index in [2.05, 4.69) is 28.0 Å². The van der Waals surface area contributed by atoms with Gasteiger partial charge in [0.1, 0.15) is 0 Å². The molecule has 0 radical (unpaired) electrons. The molecule has 74 valence electrons. The zero-order chi connectivity index (χ0) is 9.97. The molecule has 2 aromatic rings. The molecule has 0 spiro atoms. The van der Waals surface area contributed by atoms with Crippen LogP contribution < -0.4 is 5.32 Å². The number of nitrogens with zero attached hydrogens (tertiary/aromatic N) is 1. The number of rotatable bonds is 3. The quantitative estimate of drug-likeness (QED) is 0.841. The summed E-state index contributed by atoms with van der Waals surface area (Å²) in [5.74, 6) is 1.59. The average molecular weight is 208 g/mol.